The van der Waals surface area contributed by atoms with Crippen molar-refractivity contribution in [1.29, 1.82) is 0 Å². The number of nitrogens with zero attached hydrogens (tertiary/aromatic N) is 2. The fourth-order valence-corrected chi connectivity index (χ4v) is 2.98. The minimum absolute atomic E-state index is 0.0807. The van der Waals surface area contributed by atoms with Gasteiger partial charge in [-0.15, -0.1) is 0 Å². The van der Waals surface area contributed by atoms with Crippen molar-refractivity contribution in [3.8, 4) is 0 Å². The summed E-state index contributed by atoms with van der Waals surface area (Å²) >= 11 is 0. The third kappa shape index (κ3) is 5.57. The lowest BCUT2D eigenvalue weighted by Crippen LogP contribution is -2.44. The second-order valence-electron chi connectivity index (χ2n) is 7.35. The van der Waals surface area contributed by atoms with E-state index in [2.05, 4.69) is 20.9 Å². The van der Waals surface area contributed by atoms with E-state index in [4.69, 9.17) is 0 Å². The summed E-state index contributed by atoms with van der Waals surface area (Å²) < 4.78 is 0. The molecule has 7 heteroatoms. The predicted octanol–water partition coefficient (Wildman–Crippen LogP) is 2.99. The molecule has 0 saturated carbocycles. The highest BCUT2D eigenvalue weighted by molar-refractivity contribution is 6.06. The molecule has 0 unspecified atom stereocenters. The molecule has 2 aromatic carbocycles. The standard InChI is InChI=1S/C22H27N5O2/c1-15(2)24-21(29)17-6-4-7-19(14-17)25-18-10-8-16(9-11-18)20(28)26-22-23-12-5-13-27(22)3/h4,6-11,14-15,25H,5,12-13H2,1-3H3,(H,24,29)(H,23,26,28). The molecule has 2 amide bonds. The minimum Gasteiger partial charge on any atom is -0.356 e. The van der Waals surface area contributed by atoms with E-state index in [0.29, 0.717) is 17.1 Å². The Hall–Kier alpha value is -3.35. The summed E-state index contributed by atoms with van der Waals surface area (Å²) in [7, 11) is 1.92. The maximum atomic E-state index is 12.5. The van der Waals surface area contributed by atoms with Crippen LogP contribution in [0.25, 0.3) is 0 Å². The maximum absolute atomic E-state index is 12.5. The van der Waals surface area contributed by atoms with E-state index in [1.54, 1.807) is 24.3 Å². The first-order chi connectivity index (χ1) is 13.9. The van der Waals surface area contributed by atoms with E-state index >= 15 is 0 Å². The molecule has 1 heterocycles. The molecule has 7 nitrogen and oxygen atoms in total. The zero-order valence-electron chi connectivity index (χ0n) is 17.0. The van der Waals surface area contributed by atoms with Crippen LogP contribution >= 0.6 is 0 Å². The van der Waals surface area contributed by atoms with Crippen LogP contribution in [0.15, 0.2) is 53.5 Å². The van der Waals surface area contributed by atoms with Gasteiger partial charge < -0.3 is 15.5 Å². The quantitative estimate of drug-likeness (QED) is 0.729. The van der Waals surface area contributed by atoms with Crippen molar-refractivity contribution in [2.24, 2.45) is 4.99 Å². The second-order valence-corrected chi connectivity index (χ2v) is 7.35. The van der Waals surface area contributed by atoms with Gasteiger partial charge in [0.05, 0.1) is 0 Å². The van der Waals surface area contributed by atoms with Gasteiger partial charge in [-0.05, 0) is 62.7 Å². The van der Waals surface area contributed by atoms with Crippen molar-refractivity contribution in [2.45, 2.75) is 26.3 Å². The predicted molar refractivity (Wildman–Crippen MR) is 116 cm³/mol. The number of carbonyl (C=O) groups excluding carboxylic acids is 2. The smallest absolute Gasteiger partial charge is 0.257 e. The number of carbonyl (C=O) groups is 2. The van der Waals surface area contributed by atoms with Crippen molar-refractivity contribution < 1.29 is 9.59 Å². The molecule has 0 aliphatic carbocycles. The van der Waals surface area contributed by atoms with E-state index in [1.165, 1.54) is 0 Å². The van der Waals surface area contributed by atoms with Gasteiger partial charge in [-0.25, -0.2) is 0 Å². The highest BCUT2D eigenvalue weighted by atomic mass is 16.2. The third-order valence-corrected chi connectivity index (χ3v) is 4.48. The summed E-state index contributed by atoms with van der Waals surface area (Å²) in [4.78, 5) is 30.9. The van der Waals surface area contributed by atoms with Crippen molar-refractivity contribution in [2.75, 3.05) is 25.5 Å². The molecule has 0 radical (unpaired) electrons. The van der Waals surface area contributed by atoms with E-state index in [1.807, 2.05) is 50.1 Å². The fourth-order valence-electron chi connectivity index (χ4n) is 2.98. The van der Waals surface area contributed by atoms with Crippen LogP contribution in [0.4, 0.5) is 11.4 Å². The number of anilines is 2. The Kier molecular flexibility index (Phi) is 6.49. The van der Waals surface area contributed by atoms with Crippen molar-refractivity contribution >= 4 is 29.1 Å². The van der Waals surface area contributed by atoms with Crippen molar-refractivity contribution in [3.05, 3.63) is 59.7 Å². The van der Waals surface area contributed by atoms with Gasteiger partial charge in [0, 0.05) is 48.7 Å². The number of amides is 2. The number of rotatable bonds is 5. The Bertz CT molecular complexity index is 906. The average molecular weight is 393 g/mol. The van der Waals surface area contributed by atoms with Gasteiger partial charge in [-0.1, -0.05) is 6.07 Å². The van der Waals surface area contributed by atoms with Gasteiger partial charge in [0.15, 0.2) is 0 Å². The van der Waals surface area contributed by atoms with Gasteiger partial charge >= 0.3 is 0 Å². The zero-order chi connectivity index (χ0) is 20.8. The number of aliphatic imine (C=N–C) groups is 1. The van der Waals surface area contributed by atoms with Gasteiger partial charge in [-0.3, -0.25) is 19.9 Å². The Morgan fingerprint density at radius 1 is 1.00 bits per heavy atom. The lowest BCUT2D eigenvalue weighted by molar-refractivity contribution is 0.0941. The first kappa shape index (κ1) is 20.4. The Balaban J connectivity index is 1.64. The Morgan fingerprint density at radius 3 is 2.45 bits per heavy atom. The molecule has 29 heavy (non-hydrogen) atoms. The molecule has 3 N–H and O–H groups in total. The van der Waals surface area contributed by atoms with Crippen LogP contribution in [0.5, 0.6) is 0 Å². The molecule has 0 fully saturated rings. The van der Waals surface area contributed by atoms with Crippen molar-refractivity contribution in [3.63, 3.8) is 0 Å². The highest BCUT2D eigenvalue weighted by Gasteiger charge is 2.15. The molecule has 1 aliphatic rings. The molecule has 0 saturated heterocycles. The van der Waals surface area contributed by atoms with Crippen LogP contribution < -0.4 is 16.0 Å². The molecule has 152 valence electrons. The van der Waals surface area contributed by atoms with E-state index < -0.39 is 0 Å². The van der Waals surface area contributed by atoms with Crippen LogP contribution in [0.1, 0.15) is 41.0 Å². The SMILES string of the molecule is CC(C)NC(=O)c1cccc(Nc2ccc(C(=O)NC3=NCCCN3C)cc2)c1. The van der Waals surface area contributed by atoms with Gasteiger partial charge in [0.2, 0.25) is 5.96 Å². The molecule has 0 bridgehead atoms. The van der Waals surface area contributed by atoms with Crippen LogP contribution in [0.3, 0.4) is 0 Å². The van der Waals surface area contributed by atoms with Gasteiger partial charge in [0.1, 0.15) is 0 Å². The summed E-state index contributed by atoms with van der Waals surface area (Å²) in [6, 6.07) is 14.6. The number of benzene rings is 2. The van der Waals surface area contributed by atoms with Gasteiger partial charge in [0.25, 0.3) is 11.8 Å². The van der Waals surface area contributed by atoms with Crippen LogP contribution in [0.2, 0.25) is 0 Å². The molecule has 3 rings (SSSR count). The molecular formula is C22H27N5O2. The first-order valence-corrected chi connectivity index (χ1v) is 9.77. The van der Waals surface area contributed by atoms with Gasteiger partial charge in [-0.2, -0.15) is 0 Å². The lowest BCUT2D eigenvalue weighted by atomic mass is 10.1. The van der Waals surface area contributed by atoms with Crippen LogP contribution in [0, 0.1) is 0 Å². The van der Waals surface area contributed by atoms with E-state index in [0.717, 1.165) is 30.9 Å². The molecule has 2 aromatic rings. The third-order valence-electron chi connectivity index (χ3n) is 4.48. The molecule has 1 aliphatic heterocycles. The molecule has 0 aromatic heterocycles. The number of hydrogen-bond acceptors (Lipinski definition) is 5. The maximum Gasteiger partial charge on any atom is 0.257 e. The first-order valence-electron chi connectivity index (χ1n) is 9.77. The molecule has 0 spiro atoms. The summed E-state index contributed by atoms with van der Waals surface area (Å²) in [5.74, 6) is 0.322. The highest BCUT2D eigenvalue weighted by Crippen LogP contribution is 2.18. The summed E-state index contributed by atoms with van der Waals surface area (Å²) in [6.07, 6.45) is 0.997. The minimum atomic E-state index is -0.184. The normalized spacial score (nSPS) is 13.7. The monoisotopic (exact) mass is 393 g/mol. The number of nitrogens with one attached hydrogen (secondary N) is 3. The van der Waals surface area contributed by atoms with E-state index in [-0.39, 0.29) is 17.9 Å². The van der Waals surface area contributed by atoms with E-state index in [9.17, 15) is 9.59 Å². The van der Waals surface area contributed by atoms with Crippen molar-refractivity contribution in [1.82, 2.24) is 15.5 Å². The second kappa shape index (κ2) is 9.23. The Morgan fingerprint density at radius 2 is 1.76 bits per heavy atom. The molecule has 0 atom stereocenters. The van der Waals surface area contributed by atoms with Crippen LogP contribution in [-0.2, 0) is 0 Å². The largest absolute Gasteiger partial charge is 0.356 e. The average Bonchev–Trinajstić information content (AvgIpc) is 2.70. The van der Waals surface area contributed by atoms with Crippen LogP contribution in [-0.4, -0.2) is 48.9 Å². The summed E-state index contributed by atoms with van der Waals surface area (Å²) in [5, 5.41) is 9.01. The number of hydrogen-bond donors (Lipinski definition) is 3. The Labute approximate surface area is 171 Å². The summed E-state index contributed by atoms with van der Waals surface area (Å²) in [6.45, 7) is 5.47. The number of guanidine groups is 1. The zero-order valence-corrected chi connectivity index (χ0v) is 17.0. The lowest BCUT2D eigenvalue weighted by Gasteiger charge is -2.24. The molecular weight excluding hydrogens is 366 g/mol. The fraction of sp³-hybridized carbons (Fsp3) is 0.318. The summed E-state index contributed by atoms with van der Waals surface area (Å²) in [5.41, 5.74) is 2.78. The topological polar surface area (TPSA) is 85.8 Å².